The summed E-state index contributed by atoms with van der Waals surface area (Å²) in [5.41, 5.74) is 0. The number of ether oxygens (including phenoxy) is 6. The molecule has 3 aliphatic rings. The second-order valence-electron chi connectivity index (χ2n) is 31.3. The van der Waals surface area contributed by atoms with Crippen LogP contribution in [0.2, 0.25) is 0 Å². The van der Waals surface area contributed by atoms with Crippen LogP contribution >= 0.6 is 0 Å². The van der Waals surface area contributed by atoms with Gasteiger partial charge in [0.2, 0.25) is 5.91 Å². The third kappa shape index (κ3) is 51.6. The molecule has 0 aromatic heterocycles. The smallest absolute Gasteiger partial charge is 0.220 e. The van der Waals surface area contributed by atoms with Crippen molar-refractivity contribution in [2.45, 2.75) is 413 Å². The Bertz CT molecular complexity index is 2700. The van der Waals surface area contributed by atoms with E-state index in [0.717, 1.165) is 128 Å². The van der Waals surface area contributed by atoms with E-state index in [2.05, 4.69) is 165 Å². The van der Waals surface area contributed by atoms with E-state index in [4.69, 9.17) is 28.4 Å². The van der Waals surface area contributed by atoms with Crippen LogP contribution in [0.4, 0.5) is 0 Å². The number of amides is 1. The zero-order valence-corrected chi connectivity index (χ0v) is 71.0. The summed E-state index contributed by atoms with van der Waals surface area (Å²) < 4.78 is 34.5. The van der Waals surface area contributed by atoms with E-state index in [-0.39, 0.29) is 18.9 Å². The molecule has 3 rings (SSSR count). The van der Waals surface area contributed by atoms with Gasteiger partial charge in [-0.25, -0.2) is 0 Å². The number of hydrogen-bond donors (Lipinski definition) is 12. The van der Waals surface area contributed by atoms with Gasteiger partial charge in [0.05, 0.1) is 38.6 Å². The van der Waals surface area contributed by atoms with E-state index >= 15 is 0 Å². The summed E-state index contributed by atoms with van der Waals surface area (Å²) in [5, 5.41) is 121. The van der Waals surface area contributed by atoms with Crippen LogP contribution in [0.3, 0.4) is 0 Å². The normalized spacial score (nSPS) is 25.4. The van der Waals surface area contributed by atoms with Crippen LogP contribution in [0.1, 0.15) is 309 Å². The first-order chi connectivity index (χ1) is 56.3. The van der Waals surface area contributed by atoms with Gasteiger partial charge in [-0.1, -0.05) is 339 Å². The molecule has 0 bridgehead atoms. The number of unbranched alkanes of at least 4 members (excludes halogenated alkanes) is 31. The Hall–Kier alpha value is -4.59. The van der Waals surface area contributed by atoms with Crippen molar-refractivity contribution in [3.8, 4) is 0 Å². The van der Waals surface area contributed by atoms with Gasteiger partial charge in [-0.3, -0.25) is 4.79 Å². The van der Waals surface area contributed by atoms with Crippen molar-refractivity contribution < 1.29 is 89.4 Å². The molecule has 3 heterocycles. The molecule has 19 nitrogen and oxygen atoms in total. The molecule has 0 radical (unpaired) electrons. The molecule has 0 saturated carbocycles. The summed E-state index contributed by atoms with van der Waals surface area (Å²) in [5.74, 6) is -0.308. The first-order valence-corrected chi connectivity index (χ1v) is 45.2. The van der Waals surface area contributed by atoms with Gasteiger partial charge in [0.25, 0.3) is 0 Å². The zero-order valence-electron chi connectivity index (χ0n) is 71.0. The number of carbonyl (C=O) groups excluding carboxylic acids is 1. The Morgan fingerprint density at radius 3 is 0.974 bits per heavy atom. The Morgan fingerprint density at radius 1 is 0.322 bits per heavy atom. The Labute approximate surface area is 695 Å². The highest BCUT2D eigenvalue weighted by Gasteiger charge is 2.54. The molecule has 0 spiro atoms. The minimum atomic E-state index is -1.99. The average molecular weight is 1620 g/mol. The van der Waals surface area contributed by atoms with Gasteiger partial charge in [0.15, 0.2) is 18.9 Å². The molecule has 19 heteroatoms. The molecule has 12 N–H and O–H groups in total. The second kappa shape index (κ2) is 73.3. The maximum atomic E-state index is 13.5. The van der Waals surface area contributed by atoms with E-state index < -0.39 is 124 Å². The third-order valence-electron chi connectivity index (χ3n) is 21.3. The number of hydrogen-bond acceptors (Lipinski definition) is 18. The van der Waals surface area contributed by atoms with Crippen molar-refractivity contribution in [2.75, 3.05) is 26.4 Å². The Morgan fingerprint density at radius 2 is 0.609 bits per heavy atom. The number of nitrogens with one attached hydrogen (secondary N) is 1. The highest BCUT2D eigenvalue weighted by atomic mass is 16.8. The van der Waals surface area contributed by atoms with Crippen LogP contribution in [0.15, 0.2) is 158 Å². The molecular formula is C96H161NO18. The summed E-state index contributed by atoms with van der Waals surface area (Å²) in [6.45, 7) is 1.60. The van der Waals surface area contributed by atoms with Crippen LogP contribution < -0.4 is 5.32 Å². The van der Waals surface area contributed by atoms with Crippen molar-refractivity contribution in [1.82, 2.24) is 5.32 Å². The van der Waals surface area contributed by atoms with Crippen LogP contribution in [-0.2, 0) is 33.2 Å². The predicted molar refractivity (Wildman–Crippen MR) is 465 cm³/mol. The van der Waals surface area contributed by atoms with Crippen molar-refractivity contribution in [3.05, 3.63) is 158 Å². The lowest BCUT2D eigenvalue weighted by Gasteiger charge is -2.48. The van der Waals surface area contributed by atoms with Gasteiger partial charge < -0.3 is 89.9 Å². The Balaban J connectivity index is 1.37. The summed E-state index contributed by atoms with van der Waals surface area (Å²) in [7, 11) is 0. The molecule has 3 fully saturated rings. The van der Waals surface area contributed by atoms with E-state index in [9.17, 15) is 61.0 Å². The number of aliphatic hydroxyl groups is 11. The van der Waals surface area contributed by atoms with Crippen molar-refractivity contribution in [1.29, 1.82) is 0 Å². The summed E-state index contributed by atoms with van der Waals surface area (Å²) in [6.07, 6.45) is 82.4. The van der Waals surface area contributed by atoms with Gasteiger partial charge in [0.1, 0.15) is 73.2 Å². The highest BCUT2D eigenvalue weighted by molar-refractivity contribution is 5.76. The quantitative estimate of drug-likeness (QED) is 0.0199. The third-order valence-corrected chi connectivity index (χ3v) is 21.3. The first kappa shape index (κ1) is 105. The molecule has 115 heavy (non-hydrogen) atoms. The molecule has 17 unspecified atom stereocenters. The van der Waals surface area contributed by atoms with E-state index in [1.54, 1.807) is 6.08 Å². The van der Waals surface area contributed by atoms with Crippen LogP contribution in [0.25, 0.3) is 0 Å². The van der Waals surface area contributed by atoms with E-state index in [0.29, 0.717) is 12.8 Å². The fourth-order valence-corrected chi connectivity index (χ4v) is 14.1. The standard InChI is InChI=1S/C96H161NO18/c1-3-5-7-9-11-13-15-17-19-21-23-25-27-29-31-33-35-37-38-39-40-42-44-46-48-50-52-54-56-58-60-62-64-66-68-70-72-74-84(102)97-79(80(101)73-71-69-67-65-63-61-59-57-55-53-51-49-47-45-43-41-36-34-32-30-28-26-24-22-20-18-16-14-12-10-8-6-4-2)78-110-94-90(108)87(105)92(82(76-99)112-94)115-96-91(109)88(106)93(83(77-100)113-96)114-95-89(107)86(104)85(103)81(75-98)111-95/h5,7,11,13,17,19,23,25,29,31,35,37,39-40,44,46,50,52,55-58,63,65,71,73,79-83,85-96,98-101,103-109H,3-4,6,8-10,12,14-16,18,20-22,24,26-28,30,32-34,36,38,41-43,45,47-49,51,53-54,59-62,64,66-70,72,74-78H2,1-2H3,(H,97,102)/b7-5-,13-11-,19-17-,25-23-,31-29-,37-35-,40-39-,46-44-,52-50-,57-55+,58-56-,65-63+,73-71+. The molecular weight excluding hydrogens is 1460 g/mol. The molecule has 0 aromatic rings. The number of aliphatic hydroxyl groups excluding tert-OH is 11. The molecule has 0 aromatic carbocycles. The van der Waals surface area contributed by atoms with Gasteiger partial charge in [-0.05, 0) is 122 Å². The van der Waals surface area contributed by atoms with Crippen molar-refractivity contribution in [3.63, 3.8) is 0 Å². The van der Waals surface area contributed by atoms with Gasteiger partial charge in [-0.15, -0.1) is 0 Å². The van der Waals surface area contributed by atoms with E-state index in [1.165, 1.54) is 148 Å². The van der Waals surface area contributed by atoms with Crippen molar-refractivity contribution in [2.24, 2.45) is 0 Å². The second-order valence-corrected chi connectivity index (χ2v) is 31.3. The predicted octanol–water partition coefficient (Wildman–Crippen LogP) is 17.5. The molecule has 658 valence electrons. The van der Waals surface area contributed by atoms with Crippen molar-refractivity contribution >= 4 is 5.91 Å². The van der Waals surface area contributed by atoms with Crippen LogP contribution in [-0.4, -0.2) is 193 Å². The Kier molecular flexibility index (Phi) is 66.7. The largest absolute Gasteiger partial charge is 0.394 e. The highest BCUT2D eigenvalue weighted by Crippen LogP contribution is 2.33. The lowest BCUT2D eigenvalue weighted by Crippen LogP contribution is -2.66. The molecule has 1 amide bonds. The summed E-state index contributed by atoms with van der Waals surface area (Å²) in [6, 6.07) is -1.02. The first-order valence-electron chi connectivity index (χ1n) is 45.2. The minimum absolute atomic E-state index is 0.204. The SMILES string of the molecule is CC/C=C\C/C=C\C/C=C\C/C=C\C/C=C\C/C=C\C/C=C\C/C=C\C/C=C\C/C=C\CCCCCCCCC(=O)NC(COC1OC(CO)C(OC2OC(CO)C(OC3OC(CO)C(O)C(O)C3O)C(O)C2O)C(O)C1O)C(O)/C=C/CC/C=C/CC/C=C/CCCCCCCCCCCCCCCCCCCCCCCCC. The van der Waals surface area contributed by atoms with Crippen LogP contribution in [0.5, 0.6) is 0 Å². The lowest BCUT2D eigenvalue weighted by atomic mass is 9.96. The monoisotopic (exact) mass is 1620 g/mol. The molecule has 17 atom stereocenters. The number of rotatable bonds is 71. The molecule has 0 aliphatic carbocycles. The summed E-state index contributed by atoms with van der Waals surface area (Å²) >= 11 is 0. The van der Waals surface area contributed by atoms with Gasteiger partial charge >= 0.3 is 0 Å². The lowest BCUT2D eigenvalue weighted by molar-refractivity contribution is -0.379. The zero-order chi connectivity index (χ0) is 83.1. The molecule has 3 saturated heterocycles. The maximum Gasteiger partial charge on any atom is 0.220 e. The fourth-order valence-electron chi connectivity index (χ4n) is 14.1. The van der Waals surface area contributed by atoms with Gasteiger partial charge in [0, 0.05) is 6.42 Å². The number of carbonyl (C=O) groups is 1. The van der Waals surface area contributed by atoms with Crippen LogP contribution in [0, 0.1) is 0 Å². The average Bonchev–Trinajstić information content (AvgIpc) is 0.779. The van der Waals surface area contributed by atoms with Gasteiger partial charge in [-0.2, -0.15) is 0 Å². The molecule has 3 aliphatic heterocycles. The minimum Gasteiger partial charge on any atom is -0.394 e. The maximum absolute atomic E-state index is 13.5. The fraction of sp³-hybridized carbons (Fsp3) is 0.719. The topological polar surface area (TPSA) is 307 Å². The van der Waals surface area contributed by atoms with E-state index in [1.807, 2.05) is 6.08 Å². The summed E-state index contributed by atoms with van der Waals surface area (Å²) in [4.78, 5) is 13.5. The number of allylic oxidation sites excluding steroid dienone is 25.